The van der Waals surface area contributed by atoms with Crippen molar-refractivity contribution in [3.63, 3.8) is 0 Å². The topological polar surface area (TPSA) is 86.8 Å². The van der Waals surface area contributed by atoms with Crippen LogP contribution in [0.25, 0.3) is 0 Å². The van der Waals surface area contributed by atoms with Crippen LogP contribution in [0.2, 0.25) is 5.02 Å². The van der Waals surface area contributed by atoms with Crippen LogP contribution in [0.4, 0.5) is 4.39 Å². The lowest BCUT2D eigenvalue weighted by Crippen LogP contribution is -2.53. The lowest BCUT2D eigenvalue weighted by atomic mass is 10.0. The molecule has 1 unspecified atom stereocenters. The fraction of sp³-hybridized carbons (Fsp3) is 0.310. The van der Waals surface area contributed by atoms with Crippen LogP contribution in [-0.2, 0) is 32.6 Å². The average molecular weight is 574 g/mol. The predicted octanol–water partition coefficient (Wildman–Crippen LogP) is 4.51. The largest absolute Gasteiger partial charge is 0.354 e. The number of nitrogens with zero attached hydrogens (tertiary/aromatic N) is 2. The van der Waals surface area contributed by atoms with Gasteiger partial charge in [0.1, 0.15) is 11.9 Å². The molecule has 0 saturated carbocycles. The second-order valence-corrected chi connectivity index (χ2v) is 12.2. The van der Waals surface area contributed by atoms with Crippen molar-refractivity contribution in [3.8, 4) is 0 Å². The van der Waals surface area contributed by atoms with Crippen molar-refractivity contribution >= 4 is 33.4 Å². The Labute approximate surface area is 234 Å². The van der Waals surface area contributed by atoms with Crippen molar-refractivity contribution in [1.82, 2.24) is 14.5 Å². The smallest absolute Gasteiger partial charge is 0.243 e. The molecule has 0 spiro atoms. The molecule has 208 valence electrons. The summed E-state index contributed by atoms with van der Waals surface area (Å²) >= 11 is 5.90. The van der Waals surface area contributed by atoms with Gasteiger partial charge in [-0.15, -0.1) is 0 Å². The van der Waals surface area contributed by atoms with E-state index in [2.05, 4.69) is 5.32 Å². The number of hydrogen-bond donors (Lipinski definition) is 1. The van der Waals surface area contributed by atoms with Gasteiger partial charge in [-0.2, -0.15) is 4.31 Å². The number of likely N-dealkylation sites (N-methyl/N-ethyl adjacent to an activating group) is 1. The molecule has 3 aromatic rings. The van der Waals surface area contributed by atoms with Gasteiger partial charge in [-0.1, -0.05) is 67.9 Å². The van der Waals surface area contributed by atoms with Crippen LogP contribution in [0.15, 0.2) is 83.8 Å². The number of rotatable bonds is 12. The first-order valence-corrected chi connectivity index (χ1v) is 14.4. The van der Waals surface area contributed by atoms with Gasteiger partial charge in [0.25, 0.3) is 0 Å². The lowest BCUT2D eigenvalue weighted by molar-refractivity contribution is -0.141. The molecule has 0 aliphatic rings. The molecule has 2 amide bonds. The highest BCUT2D eigenvalue weighted by atomic mass is 35.5. The molecule has 1 N–H and O–H groups in total. The van der Waals surface area contributed by atoms with E-state index in [1.165, 1.54) is 60.5 Å². The van der Waals surface area contributed by atoms with Gasteiger partial charge in [-0.25, -0.2) is 12.8 Å². The Morgan fingerprint density at radius 2 is 1.54 bits per heavy atom. The minimum absolute atomic E-state index is 0.0113. The Morgan fingerprint density at radius 1 is 0.923 bits per heavy atom. The molecule has 0 saturated heterocycles. The van der Waals surface area contributed by atoms with E-state index in [1.54, 1.807) is 0 Å². The van der Waals surface area contributed by atoms with Gasteiger partial charge in [0.15, 0.2) is 0 Å². The highest BCUT2D eigenvalue weighted by Crippen LogP contribution is 2.20. The van der Waals surface area contributed by atoms with Crippen LogP contribution in [0.3, 0.4) is 0 Å². The summed E-state index contributed by atoms with van der Waals surface area (Å²) in [6, 6.07) is 19.6. The molecule has 0 heterocycles. The van der Waals surface area contributed by atoms with Gasteiger partial charge in [-0.3, -0.25) is 9.59 Å². The van der Waals surface area contributed by atoms with Gasteiger partial charge in [-0.05, 0) is 53.4 Å². The summed E-state index contributed by atoms with van der Waals surface area (Å²) in [6.45, 7) is 3.82. The van der Waals surface area contributed by atoms with E-state index in [4.69, 9.17) is 11.6 Å². The summed E-state index contributed by atoms with van der Waals surface area (Å²) in [5.41, 5.74) is 1.43. The van der Waals surface area contributed by atoms with Crippen molar-refractivity contribution in [2.45, 2.75) is 37.8 Å². The molecule has 1 atom stereocenters. The summed E-state index contributed by atoms with van der Waals surface area (Å²) in [4.78, 5) is 28.6. The minimum Gasteiger partial charge on any atom is -0.354 e. The predicted molar refractivity (Wildman–Crippen MR) is 150 cm³/mol. The SMILES string of the molecule is CC(C)CNC(=O)C(Cc1ccccc1)N(Cc1ccc(F)cc1)C(=O)CN(C)S(=O)(=O)c1ccc(Cl)cc1. The summed E-state index contributed by atoms with van der Waals surface area (Å²) in [7, 11) is -2.70. The highest BCUT2D eigenvalue weighted by molar-refractivity contribution is 7.89. The van der Waals surface area contributed by atoms with Gasteiger partial charge < -0.3 is 10.2 Å². The minimum atomic E-state index is -4.01. The molecule has 0 aromatic heterocycles. The zero-order valence-corrected chi connectivity index (χ0v) is 23.8. The van der Waals surface area contributed by atoms with Crippen molar-refractivity contribution in [2.24, 2.45) is 5.92 Å². The monoisotopic (exact) mass is 573 g/mol. The Morgan fingerprint density at radius 3 is 2.13 bits per heavy atom. The third-order valence-electron chi connectivity index (χ3n) is 6.10. The van der Waals surface area contributed by atoms with E-state index in [9.17, 15) is 22.4 Å². The fourth-order valence-electron chi connectivity index (χ4n) is 3.92. The summed E-state index contributed by atoms with van der Waals surface area (Å²) in [6.07, 6.45) is 0.214. The number of benzene rings is 3. The van der Waals surface area contributed by atoms with E-state index in [1.807, 2.05) is 44.2 Å². The van der Waals surface area contributed by atoms with E-state index in [-0.39, 0.29) is 29.7 Å². The van der Waals surface area contributed by atoms with Crippen LogP contribution in [0, 0.1) is 11.7 Å². The Kier molecular flexibility index (Phi) is 10.6. The normalized spacial score (nSPS) is 12.4. The molecule has 0 fully saturated rings. The molecule has 0 aliphatic carbocycles. The standard InChI is InChI=1S/C29H33ClFN3O4S/c1-21(2)18-32-29(36)27(17-22-7-5-4-6-8-22)34(19-23-9-13-25(31)14-10-23)28(35)20-33(3)39(37,38)26-15-11-24(30)12-16-26/h4-16,21,27H,17-20H2,1-3H3,(H,32,36). The molecule has 0 bridgehead atoms. The van der Waals surface area contributed by atoms with Gasteiger partial charge in [0, 0.05) is 31.6 Å². The molecule has 39 heavy (non-hydrogen) atoms. The molecular formula is C29H33ClFN3O4S. The zero-order valence-electron chi connectivity index (χ0n) is 22.2. The first-order chi connectivity index (χ1) is 18.5. The maximum absolute atomic E-state index is 13.8. The molecule has 3 aromatic carbocycles. The Balaban J connectivity index is 1.96. The molecule has 0 radical (unpaired) electrons. The fourth-order valence-corrected chi connectivity index (χ4v) is 5.16. The summed E-state index contributed by atoms with van der Waals surface area (Å²) in [5, 5.41) is 3.29. The highest BCUT2D eigenvalue weighted by Gasteiger charge is 2.33. The van der Waals surface area contributed by atoms with Crippen molar-refractivity contribution < 1.29 is 22.4 Å². The summed E-state index contributed by atoms with van der Waals surface area (Å²) < 4.78 is 40.9. The van der Waals surface area contributed by atoms with E-state index >= 15 is 0 Å². The van der Waals surface area contributed by atoms with Gasteiger partial charge >= 0.3 is 0 Å². The number of amides is 2. The number of halogens is 2. The third kappa shape index (κ3) is 8.61. The number of carbonyl (C=O) groups is 2. The van der Waals surface area contributed by atoms with Crippen molar-refractivity contribution in [1.29, 1.82) is 0 Å². The average Bonchev–Trinajstić information content (AvgIpc) is 2.91. The maximum atomic E-state index is 13.8. The van der Waals surface area contributed by atoms with Gasteiger partial charge in [0.05, 0.1) is 11.4 Å². The molecule has 10 heteroatoms. The second-order valence-electron chi connectivity index (χ2n) is 9.71. The molecule has 3 rings (SSSR count). The number of hydrogen-bond acceptors (Lipinski definition) is 4. The van der Waals surface area contributed by atoms with E-state index in [0.29, 0.717) is 17.1 Å². The Bertz CT molecular complexity index is 1350. The summed E-state index contributed by atoms with van der Waals surface area (Å²) in [5.74, 6) is -1.17. The van der Waals surface area contributed by atoms with Crippen LogP contribution < -0.4 is 5.32 Å². The molecule has 7 nitrogen and oxygen atoms in total. The van der Waals surface area contributed by atoms with Crippen molar-refractivity contribution in [2.75, 3.05) is 20.1 Å². The van der Waals surface area contributed by atoms with Crippen LogP contribution in [0.5, 0.6) is 0 Å². The lowest BCUT2D eigenvalue weighted by Gasteiger charge is -2.33. The first kappa shape index (κ1) is 30.3. The number of nitrogens with one attached hydrogen (secondary N) is 1. The number of sulfonamides is 1. The quantitative estimate of drug-likeness (QED) is 0.345. The van der Waals surface area contributed by atoms with Crippen LogP contribution in [0.1, 0.15) is 25.0 Å². The van der Waals surface area contributed by atoms with Crippen molar-refractivity contribution in [3.05, 3.63) is 101 Å². The molecular weight excluding hydrogens is 541 g/mol. The first-order valence-electron chi connectivity index (χ1n) is 12.5. The van der Waals surface area contributed by atoms with E-state index < -0.39 is 34.3 Å². The zero-order chi connectivity index (χ0) is 28.6. The Hall–Kier alpha value is -3.27. The van der Waals surface area contributed by atoms with Crippen LogP contribution >= 0.6 is 11.6 Å². The van der Waals surface area contributed by atoms with E-state index in [0.717, 1.165) is 9.87 Å². The van der Waals surface area contributed by atoms with Gasteiger partial charge in [0.2, 0.25) is 21.8 Å². The third-order valence-corrected chi connectivity index (χ3v) is 8.17. The second kappa shape index (κ2) is 13.7. The maximum Gasteiger partial charge on any atom is 0.243 e. The molecule has 0 aliphatic heterocycles. The van der Waals surface area contributed by atoms with Crippen LogP contribution in [-0.4, -0.2) is 55.6 Å². The number of carbonyl (C=O) groups excluding carboxylic acids is 2.